The van der Waals surface area contributed by atoms with Gasteiger partial charge in [0.2, 0.25) is 12.2 Å². The molecule has 0 aromatic carbocycles. The number of halogens is 14. The second-order valence-electron chi connectivity index (χ2n) is 10.3. The van der Waals surface area contributed by atoms with Crippen LogP contribution >= 0.6 is 0 Å². The van der Waals surface area contributed by atoms with Gasteiger partial charge in [0.25, 0.3) is 0 Å². The summed E-state index contributed by atoms with van der Waals surface area (Å²) in [7, 11) is 0. The lowest BCUT2D eigenvalue weighted by atomic mass is 9.83. The van der Waals surface area contributed by atoms with E-state index in [9.17, 15) is 76.2 Å². The maximum atomic E-state index is 14.1. The van der Waals surface area contributed by atoms with Crippen molar-refractivity contribution in [2.24, 2.45) is 0 Å². The molecule has 0 bridgehead atoms. The average Bonchev–Trinajstić information content (AvgIpc) is 2.81. The minimum Gasteiger partial charge on any atom is -0.446 e. The number of aliphatic hydroxyl groups is 2. The molecule has 2 rings (SSSR count). The van der Waals surface area contributed by atoms with Crippen molar-refractivity contribution in [3.8, 4) is 0 Å². The standard InChI is InChI=1S/C12H13F7O4.C11H11F7O4/c1-5(2)6(20)22-7-9(13,14)8(3,4)23-11(21,10(7,15)16)12(17,18)19;1-4(2)6(19)21-7-8(12,13)5(3)22-10(20,9(7,14)15)11(16,17)18/h7,21H,1H2,2-4H3;5,7,20H,1H2,2-3H3. The highest BCUT2D eigenvalue weighted by molar-refractivity contribution is 5.87. The van der Waals surface area contributed by atoms with Crippen LogP contribution in [0.1, 0.15) is 34.6 Å². The molecule has 2 N–H and O–H groups in total. The van der Waals surface area contributed by atoms with E-state index in [0.29, 0.717) is 20.8 Å². The highest BCUT2D eigenvalue weighted by atomic mass is 19.4. The van der Waals surface area contributed by atoms with Crippen molar-refractivity contribution in [3.05, 3.63) is 24.3 Å². The Morgan fingerprint density at radius 2 is 1.02 bits per heavy atom. The normalized spacial score (nSPS) is 33.1. The van der Waals surface area contributed by atoms with Crippen LogP contribution in [0.25, 0.3) is 0 Å². The molecule has 2 saturated heterocycles. The lowest BCUT2D eigenvalue weighted by Gasteiger charge is -2.53. The Morgan fingerprint density at radius 1 is 0.689 bits per heavy atom. The molecule has 2 heterocycles. The molecule has 0 amide bonds. The van der Waals surface area contributed by atoms with Crippen LogP contribution in [-0.2, 0) is 28.5 Å². The molecule has 0 spiro atoms. The monoisotopic (exact) mass is 694 g/mol. The topological polar surface area (TPSA) is 112 Å². The third kappa shape index (κ3) is 6.46. The lowest BCUT2D eigenvalue weighted by molar-refractivity contribution is -0.510. The molecular formula is C23H24F14O8. The van der Waals surface area contributed by atoms with Gasteiger partial charge in [-0.05, 0) is 34.6 Å². The van der Waals surface area contributed by atoms with E-state index in [0.717, 1.165) is 13.8 Å². The van der Waals surface area contributed by atoms with E-state index in [1.807, 2.05) is 0 Å². The Morgan fingerprint density at radius 3 is 1.36 bits per heavy atom. The molecule has 0 aromatic rings. The first-order valence-corrected chi connectivity index (χ1v) is 11.7. The number of hydrogen-bond acceptors (Lipinski definition) is 8. The Balaban J connectivity index is 0.000000450. The number of esters is 2. The Labute approximate surface area is 243 Å². The number of rotatable bonds is 4. The van der Waals surface area contributed by atoms with Crippen molar-refractivity contribution in [1.29, 1.82) is 0 Å². The molecule has 45 heavy (non-hydrogen) atoms. The third-order valence-corrected chi connectivity index (χ3v) is 6.25. The summed E-state index contributed by atoms with van der Waals surface area (Å²) < 4.78 is 202. The zero-order valence-electron chi connectivity index (χ0n) is 23.3. The highest BCUT2D eigenvalue weighted by Crippen LogP contribution is 2.58. The predicted molar refractivity (Wildman–Crippen MR) is 117 cm³/mol. The Hall–Kier alpha value is -2.72. The molecule has 5 unspecified atom stereocenters. The van der Waals surface area contributed by atoms with Gasteiger partial charge in [-0.15, -0.1) is 0 Å². The molecule has 22 heteroatoms. The van der Waals surface area contributed by atoms with Crippen molar-refractivity contribution in [2.45, 2.75) is 106 Å². The van der Waals surface area contributed by atoms with Gasteiger partial charge in [0.15, 0.2) is 0 Å². The van der Waals surface area contributed by atoms with Crippen molar-refractivity contribution >= 4 is 11.9 Å². The number of carbonyl (C=O) groups excluding carboxylic acids is 2. The quantitative estimate of drug-likeness (QED) is 0.234. The molecular weight excluding hydrogens is 670 g/mol. The largest absolute Gasteiger partial charge is 0.449 e. The fourth-order valence-electron chi connectivity index (χ4n) is 3.49. The minimum absolute atomic E-state index is 0.327. The number of hydrogen-bond donors (Lipinski definition) is 2. The minimum atomic E-state index is -6.14. The predicted octanol–water partition coefficient (Wildman–Crippen LogP) is 5.22. The van der Waals surface area contributed by atoms with E-state index in [-0.39, 0.29) is 0 Å². The van der Waals surface area contributed by atoms with Crippen LogP contribution in [0.5, 0.6) is 0 Å². The molecule has 2 aliphatic rings. The van der Waals surface area contributed by atoms with Gasteiger partial charge in [0.05, 0.1) is 0 Å². The zero-order valence-corrected chi connectivity index (χ0v) is 23.3. The molecule has 5 atom stereocenters. The summed E-state index contributed by atoms with van der Waals surface area (Å²) in [5, 5.41) is 18.4. The van der Waals surface area contributed by atoms with Crippen molar-refractivity contribution in [1.82, 2.24) is 0 Å². The molecule has 0 aliphatic carbocycles. The summed E-state index contributed by atoms with van der Waals surface area (Å²) in [5.74, 6) is -34.8. The van der Waals surface area contributed by atoms with Gasteiger partial charge in [-0.1, -0.05) is 13.2 Å². The Bertz CT molecular complexity index is 1200. The summed E-state index contributed by atoms with van der Waals surface area (Å²) in [6.45, 7) is 8.75. The van der Waals surface area contributed by atoms with Gasteiger partial charge in [-0.2, -0.15) is 61.5 Å². The molecule has 2 aliphatic heterocycles. The molecule has 8 nitrogen and oxygen atoms in total. The van der Waals surface area contributed by atoms with Crippen LogP contribution < -0.4 is 0 Å². The molecule has 0 aromatic heterocycles. The first-order valence-electron chi connectivity index (χ1n) is 11.7. The van der Waals surface area contributed by atoms with Crippen molar-refractivity contribution in [3.63, 3.8) is 0 Å². The summed E-state index contributed by atoms with van der Waals surface area (Å²) >= 11 is 0. The van der Waals surface area contributed by atoms with Crippen LogP contribution in [0.4, 0.5) is 61.5 Å². The van der Waals surface area contributed by atoms with Gasteiger partial charge in [-0.3, -0.25) is 0 Å². The van der Waals surface area contributed by atoms with E-state index in [2.05, 4.69) is 32.1 Å². The van der Waals surface area contributed by atoms with Crippen LogP contribution in [-0.4, -0.2) is 93.7 Å². The van der Waals surface area contributed by atoms with Crippen LogP contribution in [0.15, 0.2) is 24.3 Å². The number of ether oxygens (including phenoxy) is 4. The van der Waals surface area contributed by atoms with Crippen LogP contribution in [0, 0.1) is 0 Å². The Kier molecular flexibility index (Phi) is 10.3. The molecule has 2 fully saturated rings. The lowest BCUT2D eigenvalue weighted by Crippen LogP contribution is -2.79. The first-order chi connectivity index (χ1) is 19.5. The summed E-state index contributed by atoms with van der Waals surface area (Å²) in [6.07, 6.45) is -22.9. The van der Waals surface area contributed by atoms with Gasteiger partial charge in [0, 0.05) is 11.1 Å². The maximum absolute atomic E-state index is 14.1. The SMILES string of the molecule is C=C(C)C(=O)OC1C(F)(F)C(C)(C)OC(O)(C(F)(F)F)C1(F)F.C=C(C)C(=O)OC1C(F)(F)C(C)OC(O)(C(F)(F)F)C1(F)F. The summed E-state index contributed by atoms with van der Waals surface area (Å²) in [6, 6.07) is 0. The highest BCUT2D eigenvalue weighted by Gasteiger charge is 2.86. The fraction of sp³-hybridized carbons (Fsp3) is 0.739. The van der Waals surface area contributed by atoms with Gasteiger partial charge < -0.3 is 29.2 Å². The van der Waals surface area contributed by atoms with Crippen molar-refractivity contribution in [2.75, 3.05) is 0 Å². The second kappa shape index (κ2) is 11.5. The molecule has 0 radical (unpaired) electrons. The van der Waals surface area contributed by atoms with E-state index < -0.39 is 94.6 Å². The summed E-state index contributed by atoms with van der Waals surface area (Å²) in [5.41, 5.74) is -4.42. The summed E-state index contributed by atoms with van der Waals surface area (Å²) in [4.78, 5) is 22.4. The first kappa shape index (κ1) is 40.3. The second-order valence-corrected chi connectivity index (χ2v) is 10.3. The van der Waals surface area contributed by atoms with E-state index in [1.165, 1.54) is 0 Å². The smallest absolute Gasteiger partial charge is 0.446 e. The van der Waals surface area contributed by atoms with E-state index in [1.54, 1.807) is 0 Å². The zero-order chi connectivity index (χ0) is 36.4. The average molecular weight is 694 g/mol. The van der Waals surface area contributed by atoms with Crippen molar-refractivity contribution < 1.29 is 100 Å². The van der Waals surface area contributed by atoms with Gasteiger partial charge in [-0.25, -0.2) is 9.59 Å². The number of carbonyl (C=O) groups is 2. The molecule has 262 valence electrons. The fourth-order valence-corrected chi connectivity index (χ4v) is 3.49. The van der Waals surface area contributed by atoms with E-state index >= 15 is 0 Å². The maximum Gasteiger partial charge on any atom is 0.449 e. The van der Waals surface area contributed by atoms with Gasteiger partial charge in [0.1, 0.15) is 11.7 Å². The van der Waals surface area contributed by atoms with Crippen LogP contribution in [0.2, 0.25) is 0 Å². The molecule has 0 saturated carbocycles. The van der Waals surface area contributed by atoms with Crippen LogP contribution in [0.3, 0.4) is 0 Å². The number of alkyl halides is 14. The van der Waals surface area contributed by atoms with Gasteiger partial charge >= 0.3 is 59.6 Å². The van der Waals surface area contributed by atoms with E-state index in [4.69, 9.17) is 5.11 Å². The third-order valence-electron chi connectivity index (χ3n) is 6.25.